The third-order valence-electron chi connectivity index (χ3n) is 14.2. The van der Waals surface area contributed by atoms with Gasteiger partial charge >= 0.3 is 0 Å². The zero-order valence-electron chi connectivity index (χ0n) is 32.0. The van der Waals surface area contributed by atoms with Crippen LogP contribution in [0.4, 0.5) is 0 Å². The van der Waals surface area contributed by atoms with Gasteiger partial charge in [-0.2, -0.15) is 0 Å². The van der Waals surface area contributed by atoms with Crippen molar-refractivity contribution < 1.29 is 14.2 Å². The van der Waals surface area contributed by atoms with Crippen LogP contribution in [-0.2, 0) is 14.2 Å². The molecule has 0 bridgehead atoms. The summed E-state index contributed by atoms with van der Waals surface area (Å²) in [5, 5.41) is 3.77. The molecule has 48 heavy (non-hydrogen) atoms. The summed E-state index contributed by atoms with van der Waals surface area (Å²) in [6.45, 7) is 17.0. The molecule has 7 heteroatoms. The molecule has 0 heterocycles. The molecule has 0 saturated heterocycles. The molecule has 7 nitrogen and oxygen atoms in total. The van der Waals surface area contributed by atoms with E-state index in [0.717, 1.165) is 52.0 Å². The van der Waals surface area contributed by atoms with E-state index in [1.165, 1.54) is 96.4 Å². The lowest BCUT2D eigenvalue weighted by Crippen LogP contribution is -2.63. The highest BCUT2D eigenvalue weighted by Gasteiger charge is 2.66. The maximum atomic E-state index is 7.03. The van der Waals surface area contributed by atoms with Gasteiger partial charge in [0.05, 0.1) is 18.3 Å². The molecule has 4 aliphatic carbocycles. The minimum Gasteiger partial charge on any atom is -0.378 e. The summed E-state index contributed by atoms with van der Waals surface area (Å²) in [7, 11) is 0. The Labute approximate surface area is 296 Å². The molecule has 0 spiro atoms. The van der Waals surface area contributed by atoms with Crippen LogP contribution in [0, 0.1) is 46.3 Å². The first kappa shape index (κ1) is 40.5. The van der Waals surface area contributed by atoms with Gasteiger partial charge in [0.2, 0.25) is 0 Å². The maximum Gasteiger partial charge on any atom is 0.0637 e. The Morgan fingerprint density at radius 3 is 2.10 bits per heavy atom. The van der Waals surface area contributed by atoms with Crippen molar-refractivity contribution in [3.63, 3.8) is 0 Å². The van der Waals surface area contributed by atoms with Crippen molar-refractivity contribution in [1.29, 1.82) is 0 Å². The van der Waals surface area contributed by atoms with E-state index in [-0.39, 0.29) is 5.41 Å². The second-order valence-electron chi connectivity index (χ2n) is 17.1. The lowest BCUT2D eigenvalue weighted by Gasteiger charge is -2.65. The molecule has 0 amide bonds. The number of hydrogen-bond acceptors (Lipinski definition) is 7. The minimum absolute atomic E-state index is 0.183. The van der Waals surface area contributed by atoms with Gasteiger partial charge in [0.1, 0.15) is 0 Å². The maximum absolute atomic E-state index is 7.03. The van der Waals surface area contributed by atoms with E-state index in [1.54, 1.807) is 0 Å². The third-order valence-corrected chi connectivity index (χ3v) is 14.2. The molecule has 0 aliphatic heterocycles. The van der Waals surface area contributed by atoms with Crippen LogP contribution in [0.25, 0.3) is 0 Å². The van der Waals surface area contributed by atoms with Gasteiger partial charge in [-0.1, -0.05) is 59.8 Å². The van der Waals surface area contributed by atoms with E-state index in [9.17, 15) is 0 Å². The first-order valence-corrected chi connectivity index (χ1v) is 21.0. The highest BCUT2D eigenvalue weighted by Crippen LogP contribution is 2.69. The fourth-order valence-corrected chi connectivity index (χ4v) is 11.5. The fourth-order valence-electron chi connectivity index (χ4n) is 11.5. The van der Waals surface area contributed by atoms with E-state index >= 15 is 0 Å². The molecule has 0 aromatic heterocycles. The predicted octanol–water partition coefficient (Wildman–Crippen LogP) is 7.43. The molecule has 4 rings (SSSR count). The Bertz CT molecular complexity index is 879. The normalized spacial score (nSPS) is 36.8. The van der Waals surface area contributed by atoms with Crippen molar-refractivity contribution in [2.75, 3.05) is 52.5 Å². The summed E-state index contributed by atoms with van der Waals surface area (Å²) < 4.78 is 20.4. The van der Waals surface area contributed by atoms with E-state index in [0.29, 0.717) is 78.9 Å². The van der Waals surface area contributed by atoms with Gasteiger partial charge in [-0.05, 0) is 157 Å². The minimum atomic E-state index is 0.183. The van der Waals surface area contributed by atoms with Crippen LogP contribution in [-0.4, -0.2) is 70.9 Å². The van der Waals surface area contributed by atoms with Crippen molar-refractivity contribution >= 4 is 0 Å². The van der Waals surface area contributed by atoms with Crippen LogP contribution in [0.1, 0.15) is 143 Å². The molecule has 0 aromatic rings. The van der Waals surface area contributed by atoms with Crippen LogP contribution in [0.5, 0.6) is 0 Å². The van der Waals surface area contributed by atoms with Crippen LogP contribution in [0.15, 0.2) is 0 Å². The zero-order valence-corrected chi connectivity index (χ0v) is 32.0. The highest BCUT2D eigenvalue weighted by atomic mass is 16.5. The fraction of sp³-hybridized carbons (Fsp3) is 1.00. The summed E-state index contributed by atoms with van der Waals surface area (Å²) in [4.78, 5) is 0. The zero-order chi connectivity index (χ0) is 34.4. The van der Waals surface area contributed by atoms with Crippen molar-refractivity contribution in [1.82, 2.24) is 5.32 Å². The average molecular weight is 677 g/mol. The highest BCUT2D eigenvalue weighted by molar-refractivity contribution is 5.15. The molecule has 4 fully saturated rings. The van der Waals surface area contributed by atoms with E-state index < -0.39 is 0 Å². The Hall–Kier alpha value is -0.280. The Morgan fingerprint density at radius 1 is 0.708 bits per heavy atom. The third kappa shape index (κ3) is 9.98. The average Bonchev–Trinajstić information content (AvgIpc) is 3.44. The molecular weight excluding hydrogens is 596 g/mol. The number of unbranched alkanes of at least 4 members (excludes halogenated alkanes) is 5. The largest absolute Gasteiger partial charge is 0.378 e. The van der Waals surface area contributed by atoms with Gasteiger partial charge in [0.15, 0.2) is 0 Å². The topological polar surface area (TPSA) is 118 Å². The summed E-state index contributed by atoms with van der Waals surface area (Å²) in [6, 6.07) is 0. The van der Waals surface area contributed by atoms with E-state index in [1.807, 2.05) is 0 Å². The van der Waals surface area contributed by atoms with Gasteiger partial charge in [0.25, 0.3) is 0 Å². The molecular formula is C41H80N4O3. The number of nitrogens with two attached hydrogens (primary N) is 3. The molecule has 0 radical (unpaired) electrons. The molecule has 2 unspecified atom stereocenters. The number of rotatable bonds is 24. The lowest BCUT2D eigenvalue weighted by molar-refractivity contribution is -0.227. The lowest BCUT2D eigenvalue weighted by atomic mass is 9.43. The SMILES string of the molecule is CCCCCCCCNCCC[C@@H](C)[C@H]1CC[C@H]2[C@@H]3[C@H](OCCCN)C[C@@H]4CC(OCCCN)CCC4(C)[C@H]3C[C@H](OCCCN)[C@]12C. The summed E-state index contributed by atoms with van der Waals surface area (Å²) in [5.41, 5.74) is 18.3. The second-order valence-corrected chi connectivity index (χ2v) is 17.1. The molecule has 7 N–H and O–H groups in total. The summed E-state index contributed by atoms with van der Waals surface area (Å²) in [6.07, 6.45) is 23.2. The van der Waals surface area contributed by atoms with Crippen molar-refractivity contribution in [3.8, 4) is 0 Å². The smallest absolute Gasteiger partial charge is 0.0637 e. The first-order valence-electron chi connectivity index (χ1n) is 21.0. The number of hydrogen-bond donors (Lipinski definition) is 4. The van der Waals surface area contributed by atoms with Crippen LogP contribution >= 0.6 is 0 Å². The van der Waals surface area contributed by atoms with Gasteiger partial charge in [-0.3, -0.25) is 0 Å². The molecule has 4 aliphatic rings. The standard InChI is InChI=1S/C41H80N4O3/c1-5-6-7-8-9-10-23-45-24-11-15-31(2)34-16-17-35-39-36(30-38(41(34,35)4)48-27-14-22-44)40(3)19-18-33(46-25-12-20-42)28-32(40)29-37(39)47-26-13-21-43/h31-39,45H,5-30,42-44H2,1-4H3/t31-,32+,33?,34-,35+,36+,37-,38+,39+,40?,41-/m1/s1. The number of nitrogens with one attached hydrogen (secondary N) is 1. The van der Waals surface area contributed by atoms with E-state index in [4.69, 9.17) is 31.4 Å². The molecule has 11 atom stereocenters. The molecule has 0 aromatic carbocycles. The van der Waals surface area contributed by atoms with Gasteiger partial charge < -0.3 is 36.7 Å². The number of ether oxygens (including phenoxy) is 3. The summed E-state index contributed by atoms with van der Waals surface area (Å²) in [5.74, 6) is 3.92. The van der Waals surface area contributed by atoms with Crippen molar-refractivity contribution in [2.45, 2.75) is 162 Å². The Morgan fingerprint density at radius 2 is 1.38 bits per heavy atom. The quantitative estimate of drug-likeness (QED) is 0.0786. The predicted molar refractivity (Wildman–Crippen MR) is 201 cm³/mol. The van der Waals surface area contributed by atoms with Gasteiger partial charge in [-0.15, -0.1) is 0 Å². The van der Waals surface area contributed by atoms with Crippen LogP contribution < -0.4 is 22.5 Å². The van der Waals surface area contributed by atoms with Gasteiger partial charge in [0, 0.05) is 25.2 Å². The van der Waals surface area contributed by atoms with Crippen LogP contribution in [0.2, 0.25) is 0 Å². The van der Waals surface area contributed by atoms with Crippen LogP contribution in [0.3, 0.4) is 0 Å². The molecule has 282 valence electrons. The Kier molecular flexibility index (Phi) is 17.4. The monoisotopic (exact) mass is 677 g/mol. The second kappa shape index (κ2) is 20.7. The van der Waals surface area contributed by atoms with Crippen molar-refractivity contribution in [2.24, 2.45) is 63.5 Å². The summed E-state index contributed by atoms with van der Waals surface area (Å²) >= 11 is 0. The molecule has 4 saturated carbocycles. The van der Waals surface area contributed by atoms with Crippen molar-refractivity contribution in [3.05, 3.63) is 0 Å². The number of fused-ring (bicyclic) bond motifs is 5. The first-order chi connectivity index (χ1) is 23.3. The van der Waals surface area contributed by atoms with E-state index in [2.05, 4.69) is 33.0 Å². The van der Waals surface area contributed by atoms with Gasteiger partial charge in [-0.25, -0.2) is 0 Å². The Balaban J connectivity index is 1.46.